The lowest BCUT2D eigenvalue weighted by Gasteiger charge is -2.13. The third-order valence-corrected chi connectivity index (χ3v) is 6.01. The molecule has 1 aliphatic rings. The van der Waals surface area contributed by atoms with Crippen molar-refractivity contribution in [1.29, 1.82) is 0 Å². The summed E-state index contributed by atoms with van der Waals surface area (Å²) in [5.74, 6) is -0.238. The molecule has 0 spiro atoms. The first-order valence-corrected chi connectivity index (χ1v) is 10.5. The number of nitrogens with zero attached hydrogens (tertiary/aromatic N) is 3. The number of hydrogen-bond acceptors (Lipinski definition) is 5. The number of thiazole rings is 1. The van der Waals surface area contributed by atoms with Crippen molar-refractivity contribution in [2.75, 3.05) is 0 Å². The van der Waals surface area contributed by atoms with Crippen LogP contribution in [0.2, 0.25) is 0 Å². The van der Waals surface area contributed by atoms with Crippen LogP contribution in [0.3, 0.4) is 0 Å². The van der Waals surface area contributed by atoms with E-state index < -0.39 is 5.97 Å². The number of carboxylic acids is 1. The summed E-state index contributed by atoms with van der Waals surface area (Å²) in [6.45, 7) is 0. The van der Waals surface area contributed by atoms with Crippen molar-refractivity contribution in [3.8, 4) is 22.1 Å². The maximum atomic E-state index is 11.3. The monoisotopic (exact) mass is 405 g/mol. The number of rotatable bonds is 5. The predicted molar refractivity (Wildman–Crippen MR) is 112 cm³/mol. The summed E-state index contributed by atoms with van der Waals surface area (Å²) in [5, 5.41) is 17.1. The van der Waals surface area contributed by atoms with E-state index in [-0.39, 0.29) is 11.8 Å². The Kier molecular flexibility index (Phi) is 4.52. The fraction of sp³-hybridized carbons (Fsp3) is 0.227. The van der Waals surface area contributed by atoms with Crippen molar-refractivity contribution in [3.63, 3.8) is 0 Å². The van der Waals surface area contributed by atoms with Crippen LogP contribution >= 0.6 is 11.3 Å². The van der Waals surface area contributed by atoms with Gasteiger partial charge in [0.05, 0.1) is 11.6 Å². The van der Waals surface area contributed by atoms with E-state index in [0.717, 1.165) is 40.8 Å². The molecule has 1 N–H and O–H groups in total. The van der Waals surface area contributed by atoms with Crippen molar-refractivity contribution in [2.24, 2.45) is 0 Å². The first-order valence-electron chi connectivity index (χ1n) is 9.63. The van der Waals surface area contributed by atoms with Crippen LogP contribution in [-0.2, 0) is 0 Å². The van der Waals surface area contributed by atoms with Crippen LogP contribution in [0.1, 0.15) is 36.2 Å². The Morgan fingerprint density at radius 1 is 1.14 bits per heavy atom. The van der Waals surface area contributed by atoms with Gasteiger partial charge in [-0.15, -0.1) is 11.3 Å². The lowest BCUT2D eigenvalue weighted by Crippen LogP contribution is -2.10. The summed E-state index contributed by atoms with van der Waals surface area (Å²) in [5.41, 5.74) is 2.70. The normalized spacial score (nSPS) is 14.5. The van der Waals surface area contributed by atoms with E-state index in [1.165, 1.54) is 29.6 Å². The van der Waals surface area contributed by atoms with E-state index >= 15 is 0 Å². The number of aromatic nitrogens is 3. The van der Waals surface area contributed by atoms with Crippen LogP contribution in [0.25, 0.3) is 27.3 Å². The number of carbonyl (C=O) groups is 1. The molecule has 0 radical (unpaired) electrons. The van der Waals surface area contributed by atoms with Gasteiger partial charge in [-0.05, 0) is 37.8 Å². The Hall–Kier alpha value is -3.19. The highest BCUT2D eigenvalue weighted by Crippen LogP contribution is 2.34. The van der Waals surface area contributed by atoms with E-state index in [4.69, 9.17) is 9.84 Å². The molecule has 0 atom stereocenters. The van der Waals surface area contributed by atoms with E-state index in [0.29, 0.717) is 5.13 Å². The zero-order valence-corrected chi connectivity index (χ0v) is 16.4. The van der Waals surface area contributed by atoms with Gasteiger partial charge >= 0.3 is 5.97 Å². The molecule has 1 aliphatic carbocycles. The quantitative estimate of drug-likeness (QED) is 0.496. The SMILES string of the molecule is O=C(O)c1csc(-n2nc(-c3ccccc3)c3ccc(OC4CCCC4)cc32)n1. The second kappa shape index (κ2) is 7.33. The van der Waals surface area contributed by atoms with E-state index in [2.05, 4.69) is 4.98 Å². The molecule has 0 aliphatic heterocycles. The lowest BCUT2D eigenvalue weighted by atomic mass is 10.1. The van der Waals surface area contributed by atoms with Crippen molar-refractivity contribution in [2.45, 2.75) is 31.8 Å². The van der Waals surface area contributed by atoms with Gasteiger partial charge in [0.15, 0.2) is 5.69 Å². The number of ether oxygens (including phenoxy) is 1. The van der Waals surface area contributed by atoms with E-state index in [1.807, 2.05) is 48.5 Å². The summed E-state index contributed by atoms with van der Waals surface area (Å²) in [7, 11) is 0. The third kappa shape index (κ3) is 3.38. The highest BCUT2D eigenvalue weighted by atomic mass is 32.1. The number of fused-ring (bicyclic) bond motifs is 1. The predicted octanol–water partition coefficient (Wildman–Crippen LogP) is 5.17. The van der Waals surface area contributed by atoms with Crippen LogP contribution in [0.5, 0.6) is 5.75 Å². The van der Waals surface area contributed by atoms with Gasteiger partial charge in [0, 0.05) is 22.4 Å². The largest absolute Gasteiger partial charge is 0.490 e. The molecule has 0 saturated heterocycles. The van der Waals surface area contributed by atoms with Crippen molar-refractivity contribution >= 4 is 28.2 Å². The molecule has 4 aromatic rings. The summed E-state index contributed by atoms with van der Waals surface area (Å²) < 4.78 is 7.90. The zero-order valence-electron chi connectivity index (χ0n) is 15.6. The van der Waals surface area contributed by atoms with Crippen LogP contribution < -0.4 is 4.74 Å². The molecule has 5 rings (SSSR count). The minimum Gasteiger partial charge on any atom is -0.490 e. The smallest absolute Gasteiger partial charge is 0.355 e. The second-order valence-electron chi connectivity index (χ2n) is 7.15. The molecule has 6 nitrogen and oxygen atoms in total. The standard InChI is InChI=1S/C22H19N3O3S/c26-21(27)18-13-29-22(23-18)25-19-12-16(28-15-8-4-5-9-15)10-11-17(19)20(24-25)14-6-2-1-3-7-14/h1-3,6-7,10-13,15H,4-5,8-9H2,(H,26,27). The molecule has 2 aromatic heterocycles. The molecule has 146 valence electrons. The van der Waals surface area contributed by atoms with Crippen LogP contribution in [0, 0.1) is 0 Å². The highest BCUT2D eigenvalue weighted by molar-refractivity contribution is 7.12. The summed E-state index contributed by atoms with van der Waals surface area (Å²) >= 11 is 1.26. The van der Waals surface area contributed by atoms with Gasteiger partial charge in [0.1, 0.15) is 11.4 Å². The van der Waals surface area contributed by atoms with Gasteiger partial charge in [0.2, 0.25) is 5.13 Å². The number of carboxylic acid groups (broad SMARTS) is 1. The number of hydrogen-bond donors (Lipinski definition) is 1. The van der Waals surface area contributed by atoms with Crippen molar-refractivity contribution < 1.29 is 14.6 Å². The maximum Gasteiger partial charge on any atom is 0.355 e. The molecular formula is C22H19N3O3S. The highest BCUT2D eigenvalue weighted by Gasteiger charge is 2.20. The van der Waals surface area contributed by atoms with Gasteiger partial charge in [-0.2, -0.15) is 5.10 Å². The topological polar surface area (TPSA) is 77.2 Å². The molecule has 0 bridgehead atoms. The van der Waals surface area contributed by atoms with Crippen LogP contribution in [0.15, 0.2) is 53.9 Å². The van der Waals surface area contributed by atoms with Crippen molar-refractivity contribution in [1.82, 2.24) is 14.8 Å². The molecule has 2 heterocycles. The molecule has 0 amide bonds. The van der Waals surface area contributed by atoms with E-state index in [1.54, 1.807) is 4.68 Å². The first-order chi connectivity index (χ1) is 14.2. The Morgan fingerprint density at radius 3 is 2.66 bits per heavy atom. The van der Waals surface area contributed by atoms with Gasteiger partial charge in [0.25, 0.3) is 0 Å². The van der Waals surface area contributed by atoms with Gasteiger partial charge in [-0.1, -0.05) is 30.3 Å². The second-order valence-corrected chi connectivity index (χ2v) is 7.99. The molecule has 7 heteroatoms. The van der Waals surface area contributed by atoms with Crippen molar-refractivity contribution in [3.05, 3.63) is 59.6 Å². The Balaban J connectivity index is 1.65. The van der Waals surface area contributed by atoms with Gasteiger partial charge in [-0.25, -0.2) is 14.5 Å². The van der Waals surface area contributed by atoms with Crippen LogP contribution in [-0.4, -0.2) is 31.9 Å². The molecule has 1 fully saturated rings. The third-order valence-electron chi connectivity index (χ3n) is 5.20. The fourth-order valence-corrected chi connectivity index (χ4v) is 4.54. The molecule has 29 heavy (non-hydrogen) atoms. The minimum absolute atomic E-state index is 0.0215. The number of benzene rings is 2. The summed E-state index contributed by atoms with van der Waals surface area (Å²) in [6.07, 6.45) is 4.85. The fourth-order valence-electron chi connectivity index (χ4n) is 3.78. The average Bonchev–Trinajstić information content (AvgIpc) is 3.48. The Morgan fingerprint density at radius 2 is 1.93 bits per heavy atom. The van der Waals surface area contributed by atoms with E-state index in [9.17, 15) is 9.90 Å². The van der Waals surface area contributed by atoms with Crippen LogP contribution in [0.4, 0.5) is 0 Å². The summed E-state index contributed by atoms with van der Waals surface area (Å²) in [4.78, 5) is 15.5. The Labute approximate surface area is 171 Å². The Bertz CT molecular complexity index is 1180. The lowest BCUT2D eigenvalue weighted by molar-refractivity contribution is 0.0691. The minimum atomic E-state index is -1.04. The maximum absolute atomic E-state index is 11.3. The molecule has 1 saturated carbocycles. The number of aromatic carboxylic acids is 1. The summed E-state index contributed by atoms with van der Waals surface area (Å²) in [6, 6.07) is 15.9. The van der Waals surface area contributed by atoms with Gasteiger partial charge < -0.3 is 9.84 Å². The van der Waals surface area contributed by atoms with Gasteiger partial charge in [-0.3, -0.25) is 0 Å². The zero-order chi connectivity index (χ0) is 19.8. The molecule has 2 aromatic carbocycles. The molecular weight excluding hydrogens is 386 g/mol. The average molecular weight is 405 g/mol. The first kappa shape index (κ1) is 17.9. The molecule has 0 unspecified atom stereocenters.